The van der Waals surface area contributed by atoms with Gasteiger partial charge in [0.15, 0.2) is 0 Å². The second-order valence-electron chi connectivity index (χ2n) is 1.55. The topological polar surface area (TPSA) is 26.3 Å². The Labute approximate surface area is 81.4 Å². The Morgan fingerprint density at radius 2 is 2.27 bits per heavy atom. The predicted molar refractivity (Wildman–Crippen MR) is 49.4 cm³/mol. The molecular weight excluding hydrogens is 224 g/mol. The Bertz CT molecular complexity index is 327. The quantitative estimate of drug-likeness (QED) is 0.544. The SMILES string of the molecule is COC(=O)c1sc(=S)sc1Cl. The van der Waals surface area contributed by atoms with Gasteiger partial charge in [0.25, 0.3) is 0 Å². The molecule has 0 saturated heterocycles. The monoisotopic (exact) mass is 226 g/mol. The maximum atomic E-state index is 10.9. The van der Waals surface area contributed by atoms with Gasteiger partial charge in [0.2, 0.25) is 0 Å². The van der Waals surface area contributed by atoms with Crippen molar-refractivity contribution in [3.8, 4) is 0 Å². The third-order valence-corrected chi connectivity index (χ3v) is 3.86. The second-order valence-corrected chi connectivity index (χ2v) is 5.38. The summed E-state index contributed by atoms with van der Waals surface area (Å²) in [4.78, 5) is 11.3. The normalized spacial score (nSPS) is 9.64. The summed E-state index contributed by atoms with van der Waals surface area (Å²) in [6, 6.07) is 0. The van der Waals surface area contributed by atoms with Crippen molar-refractivity contribution in [2.24, 2.45) is 0 Å². The molecule has 6 heteroatoms. The summed E-state index contributed by atoms with van der Waals surface area (Å²) < 4.78 is 5.52. The lowest BCUT2D eigenvalue weighted by Gasteiger charge is -1.92. The van der Waals surface area contributed by atoms with Crippen molar-refractivity contribution in [3.05, 3.63) is 12.4 Å². The summed E-state index contributed by atoms with van der Waals surface area (Å²) in [5.74, 6) is -0.424. The lowest BCUT2D eigenvalue weighted by atomic mass is 10.6. The molecule has 0 radical (unpaired) electrons. The zero-order valence-electron chi connectivity index (χ0n) is 5.42. The van der Waals surface area contributed by atoms with E-state index in [2.05, 4.69) is 4.74 Å². The fourth-order valence-electron chi connectivity index (χ4n) is 0.478. The van der Waals surface area contributed by atoms with E-state index in [1.54, 1.807) is 0 Å². The molecule has 0 N–H and O–H groups in total. The molecule has 0 aromatic carbocycles. The van der Waals surface area contributed by atoms with Crippen LogP contribution in [0.3, 0.4) is 0 Å². The molecule has 1 aromatic rings. The van der Waals surface area contributed by atoms with E-state index in [1.807, 2.05) is 0 Å². The van der Waals surface area contributed by atoms with Crippen molar-refractivity contribution in [1.82, 2.24) is 0 Å². The lowest BCUT2D eigenvalue weighted by Crippen LogP contribution is -1.97. The number of methoxy groups -OCH3 is 1. The molecule has 0 aliphatic rings. The standard InChI is InChI=1S/C5H3ClO2S3/c1-8-4(7)2-3(6)11-5(9)10-2/h1H3. The van der Waals surface area contributed by atoms with Crippen molar-refractivity contribution in [2.45, 2.75) is 0 Å². The smallest absolute Gasteiger partial charge is 0.350 e. The van der Waals surface area contributed by atoms with Crippen LogP contribution in [-0.2, 0) is 4.74 Å². The van der Waals surface area contributed by atoms with Gasteiger partial charge < -0.3 is 4.74 Å². The molecule has 0 fully saturated rings. The summed E-state index contributed by atoms with van der Waals surface area (Å²) >= 11 is 12.9. The highest BCUT2D eigenvalue weighted by Crippen LogP contribution is 2.29. The van der Waals surface area contributed by atoms with E-state index in [1.165, 1.54) is 29.8 Å². The number of hydrogen-bond acceptors (Lipinski definition) is 5. The van der Waals surface area contributed by atoms with Crippen LogP contribution in [0.25, 0.3) is 0 Å². The Hall–Kier alpha value is 0.0300. The van der Waals surface area contributed by atoms with E-state index in [0.717, 1.165) is 0 Å². The molecule has 0 bridgehead atoms. The van der Waals surface area contributed by atoms with Gasteiger partial charge in [-0.15, -0.1) is 11.3 Å². The Morgan fingerprint density at radius 3 is 2.64 bits per heavy atom. The first-order chi connectivity index (χ1) is 5.15. The Kier molecular flexibility index (Phi) is 3.00. The minimum Gasteiger partial charge on any atom is -0.465 e. The van der Waals surface area contributed by atoms with Gasteiger partial charge in [-0.2, -0.15) is 0 Å². The molecule has 2 nitrogen and oxygen atoms in total. The molecular formula is C5H3ClO2S3. The number of carbonyl (C=O) groups is 1. The molecule has 0 spiro atoms. The number of halogens is 1. The van der Waals surface area contributed by atoms with Crippen molar-refractivity contribution >= 4 is 52.5 Å². The van der Waals surface area contributed by atoms with Gasteiger partial charge in [-0.25, -0.2) is 4.79 Å². The van der Waals surface area contributed by atoms with Crippen LogP contribution in [-0.4, -0.2) is 13.1 Å². The molecule has 60 valence electrons. The second kappa shape index (κ2) is 3.62. The highest BCUT2D eigenvalue weighted by Gasteiger charge is 2.13. The molecule has 0 saturated carbocycles. The van der Waals surface area contributed by atoms with Crippen molar-refractivity contribution in [1.29, 1.82) is 0 Å². The van der Waals surface area contributed by atoms with E-state index in [-0.39, 0.29) is 0 Å². The Morgan fingerprint density at radius 1 is 1.64 bits per heavy atom. The molecule has 0 atom stereocenters. The Balaban J connectivity index is 3.13. The highest BCUT2D eigenvalue weighted by atomic mass is 35.5. The highest BCUT2D eigenvalue weighted by molar-refractivity contribution is 7.76. The van der Waals surface area contributed by atoms with Gasteiger partial charge in [-0.1, -0.05) is 35.2 Å². The molecule has 0 amide bonds. The first kappa shape index (κ1) is 9.12. The average Bonchev–Trinajstić information content (AvgIpc) is 2.28. The van der Waals surface area contributed by atoms with Crippen LogP contribution in [0.2, 0.25) is 4.34 Å². The summed E-state index contributed by atoms with van der Waals surface area (Å²) in [5, 5.41) is 0. The van der Waals surface area contributed by atoms with Gasteiger partial charge >= 0.3 is 5.97 Å². The zero-order chi connectivity index (χ0) is 8.43. The van der Waals surface area contributed by atoms with Crippen LogP contribution >= 0.6 is 46.5 Å². The summed E-state index contributed by atoms with van der Waals surface area (Å²) in [7, 11) is 1.31. The van der Waals surface area contributed by atoms with Crippen LogP contribution in [0, 0.1) is 3.14 Å². The summed E-state index contributed by atoms with van der Waals surface area (Å²) in [6.45, 7) is 0. The molecule has 0 aliphatic heterocycles. The maximum absolute atomic E-state index is 10.9. The molecule has 1 rings (SSSR count). The molecule has 1 aromatic heterocycles. The number of ether oxygens (including phenoxy) is 1. The van der Waals surface area contributed by atoms with Crippen LogP contribution < -0.4 is 0 Å². The van der Waals surface area contributed by atoms with Crippen molar-refractivity contribution < 1.29 is 9.53 Å². The van der Waals surface area contributed by atoms with Crippen LogP contribution in [0.5, 0.6) is 0 Å². The summed E-state index contributed by atoms with van der Waals surface area (Å²) in [5.41, 5.74) is 0. The first-order valence-electron chi connectivity index (χ1n) is 2.53. The number of esters is 1. The molecule has 1 heterocycles. The maximum Gasteiger partial charge on any atom is 0.350 e. The van der Waals surface area contributed by atoms with E-state index in [0.29, 0.717) is 12.4 Å². The third kappa shape index (κ3) is 1.99. The average molecular weight is 227 g/mol. The van der Waals surface area contributed by atoms with Crippen LogP contribution in [0.15, 0.2) is 0 Å². The summed E-state index contributed by atoms with van der Waals surface area (Å²) in [6.07, 6.45) is 0. The minimum atomic E-state index is -0.424. The van der Waals surface area contributed by atoms with Gasteiger partial charge in [0, 0.05) is 0 Å². The van der Waals surface area contributed by atoms with E-state index < -0.39 is 5.97 Å². The molecule has 0 aliphatic carbocycles. The largest absolute Gasteiger partial charge is 0.465 e. The predicted octanol–water partition coefficient (Wildman–Crippen LogP) is 2.98. The minimum absolute atomic E-state index is 0.393. The number of rotatable bonds is 1. The van der Waals surface area contributed by atoms with Gasteiger partial charge in [-0.05, 0) is 0 Å². The van der Waals surface area contributed by atoms with Crippen LogP contribution in [0.1, 0.15) is 9.67 Å². The number of hydrogen-bond donors (Lipinski definition) is 0. The fraction of sp³-hybridized carbons (Fsp3) is 0.200. The molecule has 0 unspecified atom stereocenters. The van der Waals surface area contributed by atoms with Crippen molar-refractivity contribution in [2.75, 3.05) is 7.11 Å². The lowest BCUT2D eigenvalue weighted by molar-refractivity contribution is 0.0606. The zero-order valence-corrected chi connectivity index (χ0v) is 8.62. The third-order valence-electron chi connectivity index (χ3n) is 0.908. The van der Waals surface area contributed by atoms with Gasteiger partial charge in [0.1, 0.15) is 12.4 Å². The first-order valence-corrected chi connectivity index (χ1v) is 4.95. The molecule has 11 heavy (non-hydrogen) atoms. The number of carbonyl (C=O) groups excluding carboxylic acids is 1. The van der Waals surface area contributed by atoms with E-state index in [4.69, 9.17) is 23.8 Å². The van der Waals surface area contributed by atoms with E-state index >= 15 is 0 Å². The van der Waals surface area contributed by atoms with Crippen LogP contribution in [0.4, 0.5) is 0 Å². The van der Waals surface area contributed by atoms with Crippen molar-refractivity contribution in [3.63, 3.8) is 0 Å². The van der Waals surface area contributed by atoms with E-state index in [9.17, 15) is 4.79 Å². The fourth-order valence-corrected chi connectivity index (χ4v) is 3.33. The van der Waals surface area contributed by atoms with Gasteiger partial charge in [-0.3, -0.25) is 0 Å². The van der Waals surface area contributed by atoms with Gasteiger partial charge in [0.05, 0.1) is 7.11 Å².